The van der Waals surface area contributed by atoms with E-state index < -0.39 is 18.4 Å². The van der Waals surface area contributed by atoms with E-state index in [0.29, 0.717) is 0 Å². The zero-order valence-electron chi connectivity index (χ0n) is 15.3. The van der Waals surface area contributed by atoms with Crippen molar-refractivity contribution >= 4 is 28.0 Å². The number of benzene rings is 2. The van der Waals surface area contributed by atoms with Crippen LogP contribution in [0.4, 0.5) is 0 Å². The standard InChI is InChI=1S/C15H13.3C3H5.Sn/c1-3-14-12(2)8-7-11-15(14)13-9-5-4-6-10-13;3*1-3-2;/h3-7,9-11H,1H2,2H3;3*3H,1-2H2;. The van der Waals surface area contributed by atoms with Gasteiger partial charge in [0.25, 0.3) is 0 Å². The van der Waals surface area contributed by atoms with Crippen molar-refractivity contribution in [3.8, 4) is 11.1 Å². The molecule has 2 aromatic rings. The predicted molar refractivity (Wildman–Crippen MR) is 117 cm³/mol. The Morgan fingerprint density at radius 1 is 0.800 bits per heavy atom. The molecule has 0 fully saturated rings. The summed E-state index contributed by atoms with van der Waals surface area (Å²) >= 11 is -2.69. The fourth-order valence-corrected chi connectivity index (χ4v) is 15.8. The van der Waals surface area contributed by atoms with Gasteiger partial charge >= 0.3 is 158 Å². The van der Waals surface area contributed by atoms with E-state index >= 15 is 0 Å². The van der Waals surface area contributed by atoms with E-state index in [9.17, 15) is 0 Å². The topological polar surface area (TPSA) is 0 Å². The van der Waals surface area contributed by atoms with Gasteiger partial charge in [-0.1, -0.05) is 0 Å². The van der Waals surface area contributed by atoms with Gasteiger partial charge in [-0.05, 0) is 0 Å². The molecule has 25 heavy (non-hydrogen) atoms. The van der Waals surface area contributed by atoms with Gasteiger partial charge in [0.05, 0.1) is 0 Å². The van der Waals surface area contributed by atoms with Crippen LogP contribution in [0.15, 0.2) is 87.0 Å². The molecule has 2 aromatic carbocycles. The van der Waals surface area contributed by atoms with Gasteiger partial charge in [0.15, 0.2) is 0 Å². The summed E-state index contributed by atoms with van der Waals surface area (Å²) in [5, 5.41) is 0. The zero-order chi connectivity index (χ0) is 18.3. The molecule has 0 aromatic heterocycles. The molecular weight excluding hydrogens is 407 g/mol. The van der Waals surface area contributed by atoms with Gasteiger partial charge in [-0.25, -0.2) is 0 Å². The van der Waals surface area contributed by atoms with Gasteiger partial charge in [0.2, 0.25) is 0 Å². The molecule has 0 nitrogen and oxygen atoms in total. The van der Waals surface area contributed by atoms with Crippen LogP contribution >= 0.6 is 0 Å². The molecule has 0 heterocycles. The maximum absolute atomic E-state index is 4.10. The molecule has 0 N–H and O–H groups in total. The molecule has 0 radical (unpaired) electrons. The summed E-state index contributed by atoms with van der Waals surface area (Å²) in [6.45, 7) is 18.5. The van der Waals surface area contributed by atoms with E-state index in [2.05, 4.69) is 93.9 Å². The van der Waals surface area contributed by atoms with Gasteiger partial charge in [-0.15, -0.1) is 0 Å². The molecule has 128 valence electrons. The molecule has 0 unspecified atom stereocenters. The summed E-state index contributed by atoms with van der Waals surface area (Å²) in [6.07, 6.45) is 8.30. The molecule has 0 bridgehead atoms. The van der Waals surface area contributed by atoms with Crippen LogP contribution in [0.1, 0.15) is 11.1 Å². The molecule has 0 amide bonds. The summed E-state index contributed by atoms with van der Waals surface area (Å²) in [7, 11) is 0. The summed E-state index contributed by atoms with van der Waals surface area (Å²) in [5.74, 6) is 0. The van der Waals surface area contributed by atoms with Crippen LogP contribution in [-0.4, -0.2) is 18.4 Å². The summed E-state index contributed by atoms with van der Waals surface area (Å²) in [4.78, 5) is 0. The first-order valence-electron chi connectivity index (χ1n) is 8.78. The molecule has 1 heteroatoms. The fourth-order valence-electron chi connectivity index (χ4n) is 3.84. The summed E-state index contributed by atoms with van der Waals surface area (Å²) in [5.41, 5.74) is 5.12. The molecule has 0 aliphatic carbocycles. The first-order valence-corrected chi connectivity index (χ1v) is 16.3. The number of rotatable bonds is 9. The Hall–Kier alpha value is -1.80. The molecule has 2 rings (SSSR count). The van der Waals surface area contributed by atoms with Crippen LogP contribution in [0.25, 0.3) is 17.2 Å². The van der Waals surface area contributed by atoms with Crippen molar-refractivity contribution in [2.75, 3.05) is 0 Å². The Balaban J connectivity index is 2.69. The van der Waals surface area contributed by atoms with Crippen molar-refractivity contribution in [2.45, 2.75) is 20.2 Å². The van der Waals surface area contributed by atoms with E-state index in [-0.39, 0.29) is 0 Å². The first kappa shape index (κ1) is 19.5. The summed E-state index contributed by atoms with van der Waals surface area (Å²) < 4.78 is 4.86. The van der Waals surface area contributed by atoms with Crippen LogP contribution in [-0.2, 0) is 0 Å². The molecule has 0 aliphatic rings. The van der Waals surface area contributed by atoms with Gasteiger partial charge in [0, 0.05) is 0 Å². The zero-order valence-corrected chi connectivity index (χ0v) is 18.2. The Labute approximate surface area is 157 Å². The van der Waals surface area contributed by atoms with E-state index in [1.165, 1.54) is 22.3 Å². The maximum atomic E-state index is 4.10. The van der Waals surface area contributed by atoms with Crippen molar-refractivity contribution in [1.82, 2.24) is 0 Å². The SMILES string of the molecule is C=C[CH2][Sn]([CH2]C=C)([CH2]C=C)[c]1ccc(-c2ccccc2)c(C=C)c1C. The second-order valence-electron chi connectivity index (χ2n) is 6.53. The average molecular weight is 435 g/mol. The molecule has 0 aliphatic heterocycles. The van der Waals surface area contributed by atoms with Crippen molar-refractivity contribution in [1.29, 1.82) is 0 Å². The minimum absolute atomic E-state index is 1.11. The van der Waals surface area contributed by atoms with Crippen LogP contribution < -0.4 is 3.58 Å². The van der Waals surface area contributed by atoms with E-state index in [1.807, 2.05) is 6.08 Å². The normalized spacial score (nSPS) is 10.9. The number of allylic oxidation sites excluding steroid dienone is 3. The Morgan fingerprint density at radius 2 is 1.36 bits per heavy atom. The van der Waals surface area contributed by atoms with E-state index in [4.69, 9.17) is 0 Å². The van der Waals surface area contributed by atoms with E-state index in [1.54, 1.807) is 3.58 Å². The molecule has 0 saturated carbocycles. The molecule has 0 atom stereocenters. The van der Waals surface area contributed by atoms with Crippen molar-refractivity contribution in [3.63, 3.8) is 0 Å². The van der Waals surface area contributed by atoms with E-state index in [0.717, 1.165) is 13.3 Å². The van der Waals surface area contributed by atoms with Crippen LogP contribution in [0.3, 0.4) is 0 Å². The third kappa shape index (κ3) is 4.07. The predicted octanol–water partition coefficient (Wildman–Crippen LogP) is 6.52. The molecule has 0 spiro atoms. The Morgan fingerprint density at radius 3 is 1.84 bits per heavy atom. The van der Waals surface area contributed by atoms with Gasteiger partial charge in [-0.2, -0.15) is 0 Å². The number of hydrogen-bond acceptors (Lipinski definition) is 0. The monoisotopic (exact) mass is 436 g/mol. The molecular formula is C24H28Sn. The van der Waals surface area contributed by atoms with Crippen LogP contribution in [0, 0.1) is 6.92 Å². The average Bonchev–Trinajstić information content (AvgIpc) is 2.62. The van der Waals surface area contributed by atoms with Crippen molar-refractivity contribution in [3.05, 3.63) is 98.1 Å². The van der Waals surface area contributed by atoms with Crippen molar-refractivity contribution < 1.29 is 0 Å². The van der Waals surface area contributed by atoms with Crippen LogP contribution in [0.2, 0.25) is 13.3 Å². The quantitative estimate of drug-likeness (QED) is 0.311. The second-order valence-corrected chi connectivity index (χ2v) is 18.9. The Kier molecular flexibility index (Phi) is 7.07. The van der Waals surface area contributed by atoms with Crippen molar-refractivity contribution in [2.24, 2.45) is 0 Å². The van der Waals surface area contributed by atoms with Crippen LogP contribution in [0.5, 0.6) is 0 Å². The molecule has 0 saturated heterocycles. The van der Waals surface area contributed by atoms with Gasteiger partial charge in [0.1, 0.15) is 0 Å². The van der Waals surface area contributed by atoms with Gasteiger partial charge in [-0.3, -0.25) is 0 Å². The Bertz CT molecular complexity index is 742. The van der Waals surface area contributed by atoms with Gasteiger partial charge < -0.3 is 0 Å². The third-order valence-electron chi connectivity index (χ3n) is 4.98. The first-order chi connectivity index (χ1) is 12.1. The third-order valence-corrected chi connectivity index (χ3v) is 19.0. The fraction of sp³-hybridized carbons (Fsp3) is 0.167. The minimum atomic E-state index is -2.69. The number of hydrogen-bond donors (Lipinski definition) is 0. The second kappa shape index (κ2) is 9.05. The summed E-state index contributed by atoms with van der Waals surface area (Å²) in [6, 6.07) is 15.2.